The lowest BCUT2D eigenvalue weighted by atomic mass is 10.2. The Balaban J connectivity index is 1.81. The molecule has 1 N–H and O–H groups in total. The highest BCUT2D eigenvalue weighted by molar-refractivity contribution is 7.88. The van der Waals surface area contributed by atoms with Crippen molar-refractivity contribution in [3.05, 3.63) is 64.7 Å². The van der Waals surface area contributed by atoms with Crippen LogP contribution in [0.3, 0.4) is 0 Å². The van der Waals surface area contributed by atoms with E-state index >= 15 is 0 Å². The molecule has 8 heteroatoms. The maximum Gasteiger partial charge on any atom is 0.216 e. The third kappa shape index (κ3) is 6.70. The van der Waals surface area contributed by atoms with E-state index in [9.17, 15) is 17.2 Å². The van der Waals surface area contributed by atoms with Gasteiger partial charge in [0, 0.05) is 6.07 Å². The maximum atomic E-state index is 13.1. The van der Waals surface area contributed by atoms with Crippen LogP contribution in [0, 0.1) is 23.5 Å². The number of benzene rings is 2. The first-order valence-electron chi connectivity index (χ1n) is 7.11. The maximum absolute atomic E-state index is 13.1. The molecule has 0 unspecified atom stereocenters. The normalized spacial score (nSPS) is 10.8. The van der Waals surface area contributed by atoms with Crippen molar-refractivity contribution >= 4 is 21.6 Å². The van der Waals surface area contributed by atoms with Crippen LogP contribution in [0.25, 0.3) is 0 Å². The van der Waals surface area contributed by atoms with E-state index in [-0.39, 0.29) is 18.7 Å². The molecule has 2 rings (SSSR count). The zero-order chi connectivity index (χ0) is 18.3. The second kappa shape index (κ2) is 8.81. The summed E-state index contributed by atoms with van der Waals surface area (Å²) in [5.41, 5.74) is 0.0139. The van der Waals surface area contributed by atoms with Gasteiger partial charge in [-0.1, -0.05) is 35.6 Å². The van der Waals surface area contributed by atoms with Gasteiger partial charge >= 0.3 is 0 Å². The van der Waals surface area contributed by atoms with Crippen LogP contribution < -0.4 is 9.46 Å². The minimum Gasteiger partial charge on any atom is -0.479 e. The third-order valence-corrected chi connectivity index (χ3v) is 4.53. The Labute approximate surface area is 149 Å². The molecule has 2 aromatic rings. The SMILES string of the molecule is O=S(=O)(Cc1cc(F)cc(F)c1)NCC#CCOc1ccccc1Cl. The van der Waals surface area contributed by atoms with E-state index in [0.717, 1.165) is 12.1 Å². The molecule has 4 nitrogen and oxygen atoms in total. The lowest BCUT2D eigenvalue weighted by Gasteiger charge is -2.05. The van der Waals surface area contributed by atoms with Gasteiger partial charge in [-0.15, -0.1) is 0 Å². The highest BCUT2D eigenvalue weighted by Gasteiger charge is 2.12. The van der Waals surface area contributed by atoms with Crippen molar-refractivity contribution in [2.45, 2.75) is 5.75 Å². The first kappa shape index (κ1) is 19.2. The van der Waals surface area contributed by atoms with Crippen molar-refractivity contribution in [3.8, 4) is 17.6 Å². The van der Waals surface area contributed by atoms with Crippen molar-refractivity contribution in [1.29, 1.82) is 0 Å². The average Bonchev–Trinajstić information content (AvgIpc) is 2.50. The number of sulfonamides is 1. The van der Waals surface area contributed by atoms with Gasteiger partial charge in [0.05, 0.1) is 17.3 Å². The fraction of sp³-hybridized carbons (Fsp3) is 0.176. The number of hydrogen-bond donors (Lipinski definition) is 1. The molecule has 0 aliphatic carbocycles. The molecule has 2 aromatic carbocycles. The van der Waals surface area contributed by atoms with Crippen LogP contribution in [-0.2, 0) is 15.8 Å². The Hall–Kier alpha value is -2.14. The summed E-state index contributed by atoms with van der Waals surface area (Å²) in [6.45, 7) is -0.105. The van der Waals surface area contributed by atoms with E-state index in [0.29, 0.717) is 16.8 Å². The van der Waals surface area contributed by atoms with Crippen molar-refractivity contribution < 1.29 is 21.9 Å². The van der Waals surface area contributed by atoms with Crippen LogP contribution in [0.1, 0.15) is 5.56 Å². The summed E-state index contributed by atoms with van der Waals surface area (Å²) in [7, 11) is -3.76. The molecule has 0 aromatic heterocycles. The molecule has 0 saturated heterocycles. The van der Waals surface area contributed by atoms with Crippen molar-refractivity contribution in [2.75, 3.05) is 13.2 Å². The van der Waals surface area contributed by atoms with Gasteiger partial charge in [0.2, 0.25) is 10.0 Å². The second-order valence-electron chi connectivity index (χ2n) is 4.93. The number of hydrogen-bond acceptors (Lipinski definition) is 3. The summed E-state index contributed by atoms with van der Waals surface area (Å²) in [5.74, 6) is 3.49. The van der Waals surface area contributed by atoms with Crippen LogP contribution in [0.4, 0.5) is 8.78 Å². The molecule has 0 radical (unpaired) electrons. The average molecular weight is 386 g/mol. The van der Waals surface area contributed by atoms with E-state index in [2.05, 4.69) is 16.6 Å². The summed E-state index contributed by atoms with van der Waals surface area (Å²) >= 11 is 5.91. The van der Waals surface area contributed by atoms with E-state index in [1.807, 2.05) is 0 Å². The first-order valence-corrected chi connectivity index (χ1v) is 9.14. The largest absolute Gasteiger partial charge is 0.479 e. The van der Waals surface area contributed by atoms with Crippen LogP contribution in [0.2, 0.25) is 5.02 Å². The van der Waals surface area contributed by atoms with Gasteiger partial charge in [-0.3, -0.25) is 0 Å². The Morgan fingerprint density at radius 1 is 1.08 bits per heavy atom. The molecule has 0 heterocycles. The van der Waals surface area contributed by atoms with Crippen molar-refractivity contribution in [1.82, 2.24) is 4.72 Å². The minimum atomic E-state index is -3.76. The van der Waals surface area contributed by atoms with Crippen LogP contribution in [0.5, 0.6) is 5.75 Å². The van der Waals surface area contributed by atoms with E-state index in [1.165, 1.54) is 0 Å². The standard InChI is InChI=1S/C17H14ClF2NO3S/c18-16-5-1-2-6-17(16)24-8-4-3-7-21-25(22,23)12-13-9-14(19)11-15(20)10-13/h1-2,5-6,9-11,21H,7-8,12H2. The highest BCUT2D eigenvalue weighted by atomic mass is 35.5. The molecule has 0 saturated carbocycles. The Morgan fingerprint density at radius 2 is 1.76 bits per heavy atom. The zero-order valence-electron chi connectivity index (χ0n) is 12.9. The van der Waals surface area contributed by atoms with E-state index in [4.69, 9.17) is 16.3 Å². The molecular formula is C17H14ClF2NO3S. The smallest absolute Gasteiger partial charge is 0.216 e. The quantitative estimate of drug-likeness (QED) is 0.777. The van der Waals surface area contributed by atoms with Crippen LogP contribution >= 0.6 is 11.6 Å². The molecule has 0 bridgehead atoms. The molecule has 0 fully saturated rings. The third-order valence-electron chi connectivity index (χ3n) is 2.92. The minimum absolute atomic E-state index is 0.0139. The Bertz CT molecular complexity index is 887. The van der Waals surface area contributed by atoms with Gasteiger partial charge in [0.25, 0.3) is 0 Å². The van der Waals surface area contributed by atoms with Crippen LogP contribution in [0.15, 0.2) is 42.5 Å². The van der Waals surface area contributed by atoms with Gasteiger partial charge in [-0.25, -0.2) is 21.9 Å². The second-order valence-corrected chi connectivity index (χ2v) is 7.14. The number of nitrogens with one attached hydrogen (secondary N) is 1. The monoisotopic (exact) mass is 385 g/mol. The number of para-hydroxylation sites is 1. The Kier molecular flexibility index (Phi) is 6.76. The molecular weight excluding hydrogens is 372 g/mol. The molecule has 0 atom stereocenters. The number of halogens is 3. The Morgan fingerprint density at radius 3 is 2.44 bits per heavy atom. The number of rotatable bonds is 6. The first-order chi connectivity index (χ1) is 11.9. The zero-order valence-corrected chi connectivity index (χ0v) is 14.5. The summed E-state index contributed by atoms with van der Waals surface area (Å²) in [6.07, 6.45) is 0. The molecule has 132 valence electrons. The van der Waals surface area contributed by atoms with Gasteiger partial charge in [-0.2, -0.15) is 0 Å². The fourth-order valence-electron chi connectivity index (χ4n) is 1.90. The molecule has 25 heavy (non-hydrogen) atoms. The lowest BCUT2D eigenvalue weighted by Crippen LogP contribution is -2.25. The summed E-state index contributed by atoms with van der Waals surface area (Å²) in [5, 5.41) is 0.451. The highest BCUT2D eigenvalue weighted by Crippen LogP contribution is 2.22. The van der Waals surface area contributed by atoms with Crippen LogP contribution in [-0.4, -0.2) is 21.6 Å². The van der Waals surface area contributed by atoms with Crippen molar-refractivity contribution in [2.24, 2.45) is 0 Å². The van der Waals surface area contributed by atoms with Gasteiger partial charge in [-0.05, 0) is 29.8 Å². The van der Waals surface area contributed by atoms with E-state index < -0.39 is 27.4 Å². The van der Waals surface area contributed by atoms with Gasteiger partial charge in [0.15, 0.2) is 0 Å². The topological polar surface area (TPSA) is 55.4 Å². The summed E-state index contributed by atoms with van der Waals surface area (Å²) < 4.78 is 57.4. The number of ether oxygens (including phenoxy) is 1. The summed E-state index contributed by atoms with van der Waals surface area (Å²) in [6, 6.07) is 9.49. The molecule has 0 aliphatic heterocycles. The predicted molar refractivity (Wildman–Crippen MR) is 91.7 cm³/mol. The fourth-order valence-corrected chi connectivity index (χ4v) is 3.09. The van der Waals surface area contributed by atoms with Crippen molar-refractivity contribution in [3.63, 3.8) is 0 Å². The summed E-state index contributed by atoms with van der Waals surface area (Å²) in [4.78, 5) is 0. The van der Waals surface area contributed by atoms with Gasteiger partial charge in [0.1, 0.15) is 24.0 Å². The molecule has 0 aliphatic rings. The van der Waals surface area contributed by atoms with Gasteiger partial charge < -0.3 is 4.74 Å². The van der Waals surface area contributed by atoms with E-state index in [1.54, 1.807) is 24.3 Å². The molecule has 0 amide bonds. The lowest BCUT2D eigenvalue weighted by molar-refractivity contribution is 0.370. The molecule has 0 spiro atoms. The predicted octanol–water partition coefficient (Wildman–Crippen LogP) is 3.12.